The number of anilines is 1. The van der Waals surface area contributed by atoms with Gasteiger partial charge in [0.1, 0.15) is 6.54 Å². The van der Waals surface area contributed by atoms with E-state index in [0.29, 0.717) is 11.7 Å². The number of thiocarbonyl (C=S) groups is 1. The molecule has 1 aliphatic heterocycles. The SMILES string of the molecule is CCCCCCCCCN1C(=O)CN(c2ccccc2)C1=S. The molecule has 0 aromatic heterocycles. The van der Waals surface area contributed by atoms with Crippen LogP contribution in [0.25, 0.3) is 0 Å². The molecule has 1 heterocycles. The molecule has 2 rings (SSSR count). The molecule has 0 aliphatic carbocycles. The van der Waals surface area contributed by atoms with Gasteiger partial charge in [-0.25, -0.2) is 0 Å². The molecular formula is C18H26N2OS. The number of amides is 1. The molecule has 3 nitrogen and oxygen atoms in total. The van der Waals surface area contributed by atoms with Crippen LogP contribution >= 0.6 is 12.2 Å². The van der Waals surface area contributed by atoms with Gasteiger partial charge in [0, 0.05) is 12.2 Å². The Bertz CT molecular complexity index is 489. The van der Waals surface area contributed by atoms with E-state index in [1.54, 1.807) is 4.90 Å². The number of hydrogen-bond donors (Lipinski definition) is 0. The summed E-state index contributed by atoms with van der Waals surface area (Å²) in [6, 6.07) is 9.91. The summed E-state index contributed by atoms with van der Waals surface area (Å²) in [5, 5.41) is 0.655. The lowest BCUT2D eigenvalue weighted by molar-refractivity contribution is -0.124. The van der Waals surface area contributed by atoms with Crippen molar-refractivity contribution in [2.45, 2.75) is 51.9 Å². The summed E-state index contributed by atoms with van der Waals surface area (Å²) in [6.07, 6.45) is 8.74. The van der Waals surface area contributed by atoms with Gasteiger partial charge >= 0.3 is 0 Å². The highest BCUT2D eigenvalue weighted by atomic mass is 32.1. The Morgan fingerprint density at radius 1 is 1.00 bits per heavy atom. The van der Waals surface area contributed by atoms with Gasteiger partial charge in [-0.15, -0.1) is 0 Å². The van der Waals surface area contributed by atoms with Crippen molar-refractivity contribution in [2.24, 2.45) is 0 Å². The zero-order chi connectivity index (χ0) is 15.8. The van der Waals surface area contributed by atoms with Crippen LogP contribution in [0.15, 0.2) is 30.3 Å². The Labute approximate surface area is 139 Å². The van der Waals surface area contributed by atoms with Crippen LogP contribution in [-0.4, -0.2) is 29.0 Å². The summed E-state index contributed by atoms with van der Waals surface area (Å²) in [6.45, 7) is 3.37. The second kappa shape index (κ2) is 8.89. The third-order valence-corrected chi connectivity index (χ3v) is 4.55. The maximum atomic E-state index is 12.2. The molecule has 0 N–H and O–H groups in total. The fourth-order valence-corrected chi connectivity index (χ4v) is 3.16. The van der Waals surface area contributed by atoms with Crippen LogP contribution in [0, 0.1) is 0 Å². The van der Waals surface area contributed by atoms with Gasteiger partial charge in [0.15, 0.2) is 5.11 Å². The van der Waals surface area contributed by atoms with Crippen molar-refractivity contribution in [3.63, 3.8) is 0 Å². The van der Waals surface area contributed by atoms with Crippen molar-refractivity contribution in [3.8, 4) is 0 Å². The molecule has 1 aromatic rings. The van der Waals surface area contributed by atoms with Crippen molar-refractivity contribution in [1.29, 1.82) is 0 Å². The number of nitrogens with zero attached hydrogens (tertiary/aromatic N) is 2. The quantitative estimate of drug-likeness (QED) is 0.499. The van der Waals surface area contributed by atoms with Gasteiger partial charge in [0.2, 0.25) is 5.91 Å². The molecule has 0 unspecified atom stereocenters. The van der Waals surface area contributed by atoms with Crippen molar-refractivity contribution in [1.82, 2.24) is 4.90 Å². The first-order valence-corrected chi connectivity index (χ1v) is 8.81. The van der Waals surface area contributed by atoms with Gasteiger partial charge in [-0.05, 0) is 30.8 Å². The summed E-state index contributed by atoms with van der Waals surface area (Å²) in [4.78, 5) is 15.9. The van der Waals surface area contributed by atoms with Crippen LogP contribution in [0.5, 0.6) is 0 Å². The molecule has 0 bridgehead atoms. The predicted octanol–water partition coefficient (Wildman–Crippen LogP) is 4.37. The Morgan fingerprint density at radius 3 is 2.32 bits per heavy atom. The van der Waals surface area contributed by atoms with Crippen molar-refractivity contribution in [2.75, 3.05) is 18.0 Å². The normalized spacial score (nSPS) is 15.0. The Morgan fingerprint density at radius 2 is 1.64 bits per heavy atom. The monoisotopic (exact) mass is 318 g/mol. The van der Waals surface area contributed by atoms with Gasteiger partial charge < -0.3 is 4.90 Å². The minimum absolute atomic E-state index is 0.125. The summed E-state index contributed by atoms with van der Waals surface area (Å²) >= 11 is 5.49. The van der Waals surface area contributed by atoms with Crippen molar-refractivity contribution in [3.05, 3.63) is 30.3 Å². The van der Waals surface area contributed by atoms with Gasteiger partial charge in [-0.3, -0.25) is 9.69 Å². The average molecular weight is 318 g/mol. The standard InChI is InChI=1S/C18H26N2OS/c1-2-3-4-5-6-7-11-14-19-17(21)15-20(18(19)22)16-12-9-8-10-13-16/h8-10,12-13H,2-7,11,14-15H2,1H3. The number of carbonyl (C=O) groups excluding carboxylic acids is 1. The zero-order valence-electron chi connectivity index (χ0n) is 13.5. The number of carbonyl (C=O) groups is 1. The topological polar surface area (TPSA) is 23.6 Å². The molecule has 1 saturated heterocycles. The van der Waals surface area contributed by atoms with Crippen LogP contribution in [0.4, 0.5) is 5.69 Å². The summed E-state index contributed by atoms with van der Waals surface area (Å²) < 4.78 is 0. The van der Waals surface area contributed by atoms with Crippen LogP contribution in [0.1, 0.15) is 51.9 Å². The highest BCUT2D eigenvalue weighted by molar-refractivity contribution is 7.80. The second-order valence-corrected chi connectivity index (χ2v) is 6.24. The van der Waals surface area contributed by atoms with E-state index in [-0.39, 0.29) is 5.91 Å². The van der Waals surface area contributed by atoms with Crippen LogP contribution in [0.3, 0.4) is 0 Å². The third-order valence-electron chi connectivity index (χ3n) is 4.11. The summed E-state index contributed by atoms with van der Waals surface area (Å²) in [7, 11) is 0. The lowest BCUT2D eigenvalue weighted by Crippen LogP contribution is -2.33. The number of para-hydroxylation sites is 1. The van der Waals surface area contributed by atoms with E-state index in [2.05, 4.69) is 6.92 Å². The van der Waals surface area contributed by atoms with Gasteiger partial charge in [-0.2, -0.15) is 0 Å². The first-order valence-electron chi connectivity index (χ1n) is 8.41. The molecular weight excluding hydrogens is 292 g/mol. The van der Waals surface area contributed by atoms with E-state index in [0.717, 1.165) is 18.7 Å². The molecule has 4 heteroatoms. The van der Waals surface area contributed by atoms with E-state index >= 15 is 0 Å². The molecule has 22 heavy (non-hydrogen) atoms. The molecule has 0 spiro atoms. The summed E-state index contributed by atoms with van der Waals surface area (Å²) in [5.74, 6) is 0.125. The Kier molecular flexibility index (Phi) is 6.84. The summed E-state index contributed by atoms with van der Waals surface area (Å²) in [5.41, 5.74) is 1.00. The van der Waals surface area contributed by atoms with Gasteiger partial charge in [-0.1, -0.05) is 63.6 Å². The first-order chi connectivity index (χ1) is 10.7. The minimum Gasteiger partial charge on any atom is -0.309 e. The minimum atomic E-state index is 0.125. The molecule has 120 valence electrons. The van der Waals surface area contributed by atoms with Crippen LogP contribution < -0.4 is 4.90 Å². The number of hydrogen-bond acceptors (Lipinski definition) is 2. The molecule has 0 atom stereocenters. The second-order valence-electron chi connectivity index (χ2n) is 5.87. The Balaban J connectivity index is 1.75. The first kappa shape index (κ1) is 16.9. The zero-order valence-corrected chi connectivity index (χ0v) is 14.3. The van der Waals surface area contributed by atoms with Gasteiger partial charge in [0.05, 0.1) is 0 Å². The molecule has 1 fully saturated rings. The van der Waals surface area contributed by atoms with Gasteiger partial charge in [0.25, 0.3) is 0 Å². The average Bonchev–Trinajstić information content (AvgIpc) is 2.82. The molecule has 1 amide bonds. The van der Waals surface area contributed by atoms with E-state index in [4.69, 9.17) is 12.2 Å². The van der Waals surface area contributed by atoms with Crippen molar-refractivity contribution < 1.29 is 4.79 Å². The molecule has 1 aromatic carbocycles. The lowest BCUT2D eigenvalue weighted by atomic mass is 10.1. The van der Waals surface area contributed by atoms with Crippen molar-refractivity contribution >= 4 is 28.9 Å². The largest absolute Gasteiger partial charge is 0.309 e. The number of unbranched alkanes of at least 4 members (excludes halogenated alkanes) is 6. The van der Waals surface area contributed by atoms with E-state index < -0.39 is 0 Å². The molecule has 1 aliphatic rings. The van der Waals surface area contributed by atoms with E-state index in [1.165, 1.54) is 38.5 Å². The lowest BCUT2D eigenvalue weighted by Gasteiger charge is -2.20. The molecule has 0 saturated carbocycles. The van der Waals surface area contributed by atoms with Crippen LogP contribution in [-0.2, 0) is 4.79 Å². The van der Waals surface area contributed by atoms with E-state index in [9.17, 15) is 4.79 Å². The Hall–Kier alpha value is -1.42. The fraction of sp³-hybridized carbons (Fsp3) is 0.556. The molecule has 0 radical (unpaired) electrons. The predicted molar refractivity (Wildman–Crippen MR) is 96.1 cm³/mol. The highest BCUT2D eigenvalue weighted by Crippen LogP contribution is 2.21. The maximum absolute atomic E-state index is 12.2. The number of rotatable bonds is 9. The highest BCUT2D eigenvalue weighted by Gasteiger charge is 2.32. The smallest absolute Gasteiger partial charge is 0.248 e. The van der Waals surface area contributed by atoms with Crippen LogP contribution in [0.2, 0.25) is 0 Å². The number of benzene rings is 1. The third kappa shape index (κ3) is 4.54. The fourth-order valence-electron chi connectivity index (χ4n) is 2.80. The van der Waals surface area contributed by atoms with E-state index in [1.807, 2.05) is 35.2 Å². The maximum Gasteiger partial charge on any atom is 0.248 e.